The first-order valence-electron chi connectivity index (χ1n) is 3.39. The Morgan fingerprint density at radius 1 is 1.40 bits per heavy atom. The molecule has 0 radical (unpaired) electrons. The highest BCUT2D eigenvalue weighted by atomic mass is 19.1. The average molecular weight is 142 g/mol. The summed E-state index contributed by atoms with van der Waals surface area (Å²) < 4.78 is 13.2. The minimum absolute atomic E-state index is 0.688. The second kappa shape index (κ2) is 3.00. The van der Waals surface area contributed by atoms with Crippen LogP contribution in [0.25, 0.3) is 0 Å². The third-order valence-electron chi connectivity index (χ3n) is 1.38. The first-order chi connectivity index (χ1) is 4.39. The maximum Gasteiger partial charge on any atom is 0.130 e. The standard InChI is InChI=1S/C9H15F/c1-6-8(7(2)3)9(4,5)10/h6H,1H2,2-5H3. The largest absolute Gasteiger partial charge is 0.239 e. The van der Waals surface area contributed by atoms with E-state index in [-0.39, 0.29) is 0 Å². The molecular formula is C9H15F. The van der Waals surface area contributed by atoms with Crippen molar-refractivity contribution in [3.63, 3.8) is 0 Å². The predicted octanol–water partition coefficient (Wildman–Crippen LogP) is 3.26. The number of hydrogen-bond donors (Lipinski definition) is 0. The number of alkyl halides is 1. The Bertz CT molecular complexity index is 154. The van der Waals surface area contributed by atoms with E-state index in [2.05, 4.69) is 6.58 Å². The summed E-state index contributed by atoms with van der Waals surface area (Å²) in [5, 5.41) is 0. The third kappa shape index (κ3) is 2.34. The van der Waals surface area contributed by atoms with Gasteiger partial charge in [0.15, 0.2) is 0 Å². The van der Waals surface area contributed by atoms with Crippen molar-refractivity contribution in [1.29, 1.82) is 0 Å². The topological polar surface area (TPSA) is 0 Å². The zero-order chi connectivity index (χ0) is 8.36. The van der Waals surface area contributed by atoms with E-state index in [1.807, 2.05) is 13.8 Å². The zero-order valence-corrected chi connectivity index (χ0v) is 7.16. The van der Waals surface area contributed by atoms with E-state index in [1.54, 1.807) is 6.08 Å². The van der Waals surface area contributed by atoms with Gasteiger partial charge in [-0.1, -0.05) is 18.2 Å². The quantitative estimate of drug-likeness (QED) is 0.519. The van der Waals surface area contributed by atoms with Gasteiger partial charge >= 0.3 is 0 Å². The van der Waals surface area contributed by atoms with Crippen LogP contribution in [0.1, 0.15) is 27.7 Å². The molecule has 0 N–H and O–H groups in total. The Balaban J connectivity index is 4.71. The van der Waals surface area contributed by atoms with E-state index in [1.165, 1.54) is 13.8 Å². The summed E-state index contributed by atoms with van der Waals surface area (Å²) in [5.74, 6) is 0. The molecule has 58 valence electrons. The Labute approximate surface area is 62.4 Å². The van der Waals surface area contributed by atoms with Crippen LogP contribution >= 0.6 is 0 Å². The molecule has 0 rings (SSSR count). The molecule has 0 amide bonds. The highest BCUT2D eigenvalue weighted by molar-refractivity contribution is 5.29. The maximum atomic E-state index is 13.2. The number of rotatable bonds is 2. The summed E-state index contributed by atoms with van der Waals surface area (Å²) >= 11 is 0. The van der Waals surface area contributed by atoms with Crippen molar-refractivity contribution in [2.45, 2.75) is 33.4 Å². The zero-order valence-electron chi connectivity index (χ0n) is 7.16. The molecule has 0 saturated carbocycles. The molecule has 0 aliphatic carbocycles. The molecule has 1 heteroatoms. The molecule has 0 heterocycles. The molecule has 0 aromatic heterocycles. The highest BCUT2D eigenvalue weighted by Gasteiger charge is 2.19. The predicted molar refractivity (Wildman–Crippen MR) is 43.8 cm³/mol. The van der Waals surface area contributed by atoms with Gasteiger partial charge in [-0.25, -0.2) is 4.39 Å². The summed E-state index contributed by atoms with van der Waals surface area (Å²) in [6, 6.07) is 0. The molecule has 0 fully saturated rings. The summed E-state index contributed by atoms with van der Waals surface area (Å²) in [7, 11) is 0. The lowest BCUT2D eigenvalue weighted by Crippen LogP contribution is -2.15. The van der Waals surface area contributed by atoms with Gasteiger partial charge in [0, 0.05) is 0 Å². The maximum absolute atomic E-state index is 13.2. The van der Waals surface area contributed by atoms with E-state index in [0.717, 1.165) is 5.57 Å². The van der Waals surface area contributed by atoms with E-state index in [9.17, 15) is 4.39 Å². The van der Waals surface area contributed by atoms with Gasteiger partial charge in [-0.3, -0.25) is 0 Å². The summed E-state index contributed by atoms with van der Waals surface area (Å²) in [6.45, 7) is 10.4. The Morgan fingerprint density at radius 2 is 1.80 bits per heavy atom. The van der Waals surface area contributed by atoms with Crippen molar-refractivity contribution >= 4 is 0 Å². The first kappa shape index (κ1) is 9.41. The average Bonchev–Trinajstić information content (AvgIpc) is 1.60. The van der Waals surface area contributed by atoms with Gasteiger partial charge in [0.2, 0.25) is 0 Å². The summed E-state index contributed by atoms with van der Waals surface area (Å²) in [6.07, 6.45) is 1.58. The van der Waals surface area contributed by atoms with Gasteiger partial charge in [0.05, 0.1) is 0 Å². The number of halogens is 1. The molecule has 0 aromatic carbocycles. The van der Waals surface area contributed by atoms with Crippen molar-refractivity contribution in [3.05, 3.63) is 23.8 Å². The van der Waals surface area contributed by atoms with Crippen molar-refractivity contribution in [2.24, 2.45) is 0 Å². The third-order valence-corrected chi connectivity index (χ3v) is 1.38. The van der Waals surface area contributed by atoms with Gasteiger partial charge in [-0.05, 0) is 33.3 Å². The minimum Gasteiger partial charge on any atom is -0.239 e. The molecule has 0 bridgehead atoms. The highest BCUT2D eigenvalue weighted by Crippen LogP contribution is 2.24. The van der Waals surface area contributed by atoms with Crippen LogP contribution in [0.4, 0.5) is 4.39 Å². The van der Waals surface area contributed by atoms with E-state index in [0.29, 0.717) is 5.57 Å². The minimum atomic E-state index is -1.25. The van der Waals surface area contributed by atoms with Gasteiger partial charge in [0.1, 0.15) is 5.67 Å². The van der Waals surface area contributed by atoms with Crippen LogP contribution in [0, 0.1) is 0 Å². The van der Waals surface area contributed by atoms with E-state index in [4.69, 9.17) is 0 Å². The van der Waals surface area contributed by atoms with Crippen molar-refractivity contribution < 1.29 is 4.39 Å². The lowest BCUT2D eigenvalue weighted by Gasteiger charge is -2.17. The Hall–Kier alpha value is -0.590. The molecule has 10 heavy (non-hydrogen) atoms. The van der Waals surface area contributed by atoms with Gasteiger partial charge in [-0.15, -0.1) is 0 Å². The van der Waals surface area contributed by atoms with Crippen molar-refractivity contribution in [2.75, 3.05) is 0 Å². The van der Waals surface area contributed by atoms with Crippen LogP contribution in [0.5, 0.6) is 0 Å². The first-order valence-corrected chi connectivity index (χ1v) is 3.39. The fraction of sp³-hybridized carbons (Fsp3) is 0.556. The monoisotopic (exact) mass is 142 g/mol. The SMILES string of the molecule is C=CC(=C(C)C)C(C)(C)F. The lowest BCUT2D eigenvalue weighted by molar-refractivity contribution is 0.272. The molecule has 0 saturated heterocycles. The van der Waals surface area contributed by atoms with Gasteiger partial charge in [-0.2, -0.15) is 0 Å². The normalized spacial score (nSPS) is 10.9. The van der Waals surface area contributed by atoms with Crippen LogP contribution < -0.4 is 0 Å². The molecule has 0 aromatic rings. The molecule has 0 unspecified atom stereocenters. The van der Waals surface area contributed by atoms with Crippen LogP contribution in [-0.4, -0.2) is 5.67 Å². The number of allylic oxidation sites excluding steroid dienone is 3. The molecular weight excluding hydrogens is 127 g/mol. The molecule has 0 nitrogen and oxygen atoms in total. The lowest BCUT2D eigenvalue weighted by atomic mass is 9.96. The van der Waals surface area contributed by atoms with Crippen molar-refractivity contribution in [1.82, 2.24) is 0 Å². The smallest absolute Gasteiger partial charge is 0.130 e. The fourth-order valence-electron chi connectivity index (χ4n) is 1.04. The van der Waals surface area contributed by atoms with Crippen molar-refractivity contribution in [3.8, 4) is 0 Å². The summed E-state index contributed by atoms with van der Waals surface area (Å²) in [4.78, 5) is 0. The molecule has 0 atom stereocenters. The summed E-state index contributed by atoms with van der Waals surface area (Å²) in [5.41, 5.74) is 0.427. The van der Waals surface area contributed by atoms with Gasteiger partial charge in [0.25, 0.3) is 0 Å². The van der Waals surface area contributed by atoms with Crippen LogP contribution in [0.2, 0.25) is 0 Å². The van der Waals surface area contributed by atoms with E-state index >= 15 is 0 Å². The molecule has 0 aliphatic heterocycles. The Morgan fingerprint density at radius 3 is 1.80 bits per heavy atom. The molecule has 0 aliphatic rings. The second-order valence-corrected chi connectivity index (χ2v) is 3.09. The van der Waals surface area contributed by atoms with E-state index < -0.39 is 5.67 Å². The van der Waals surface area contributed by atoms with Gasteiger partial charge < -0.3 is 0 Å². The van der Waals surface area contributed by atoms with Crippen LogP contribution in [-0.2, 0) is 0 Å². The van der Waals surface area contributed by atoms with Crippen LogP contribution in [0.15, 0.2) is 23.8 Å². The van der Waals surface area contributed by atoms with Crippen LogP contribution in [0.3, 0.4) is 0 Å². The molecule has 0 spiro atoms. The number of hydrogen-bond acceptors (Lipinski definition) is 0. The second-order valence-electron chi connectivity index (χ2n) is 3.09. The Kier molecular flexibility index (Phi) is 2.82. The fourth-order valence-corrected chi connectivity index (χ4v) is 1.04.